The number of carbonyl (C=O) groups is 2. The molecule has 1 atom stereocenters. The predicted molar refractivity (Wildman–Crippen MR) is 79.4 cm³/mol. The van der Waals surface area contributed by atoms with Crippen LogP contribution in [0, 0.1) is 0 Å². The summed E-state index contributed by atoms with van der Waals surface area (Å²) in [6, 6.07) is 7.38. The molecule has 0 radical (unpaired) electrons. The Morgan fingerprint density at radius 3 is 2.90 bits per heavy atom. The van der Waals surface area contributed by atoms with Crippen molar-refractivity contribution in [3.63, 3.8) is 0 Å². The highest BCUT2D eigenvalue weighted by molar-refractivity contribution is 8.01. The maximum absolute atomic E-state index is 12.5. The van der Waals surface area contributed by atoms with Crippen LogP contribution in [0.25, 0.3) is 0 Å². The minimum Gasteiger partial charge on any atom is -0.349 e. The van der Waals surface area contributed by atoms with Crippen molar-refractivity contribution >= 4 is 35.2 Å². The van der Waals surface area contributed by atoms with E-state index in [9.17, 15) is 9.59 Å². The molecule has 4 nitrogen and oxygen atoms in total. The van der Waals surface area contributed by atoms with Gasteiger partial charge in [-0.3, -0.25) is 9.59 Å². The molecule has 0 bridgehead atoms. The molecule has 1 unspecified atom stereocenters. The molecule has 106 valence electrons. The van der Waals surface area contributed by atoms with Gasteiger partial charge in [-0.05, 0) is 24.1 Å². The lowest BCUT2D eigenvalue weighted by Crippen LogP contribution is -2.50. The molecule has 2 saturated heterocycles. The van der Waals surface area contributed by atoms with Gasteiger partial charge in [0.05, 0.1) is 0 Å². The van der Waals surface area contributed by atoms with Gasteiger partial charge in [-0.2, -0.15) is 0 Å². The van der Waals surface area contributed by atoms with Gasteiger partial charge in [0.2, 0.25) is 5.91 Å². The first kappa shape index (κ1) is 13.8. The lowest BCUT2D eigenvalue weighted by Gasteiger charge is -2.29. The van der Waals surface area contributed by atoms with Crippen LogP contribution in [0.3, 0.4) is 0 Å². The molecule has 2 heterocycles. The Labute approximate surface area is 126 Å². The molecule has 2 fully saturated rings. The Hall–Kier alpha value is -1.20. The van der Waals surface area contributed by atoms with E-state index in [4.69, 9.17) is 11.6 Å². The molecule has 1 aromatic carbocycles. The SMILES string of the molecule is O=C1CCC2(C(=O)NCc3ccc(Cl)cc3)SCCN12. The number of nitrogens with zero attached hydrogens (tertiary/aromatic N) is 1. The summed E-state index contributed by atoms with van der Waals surface area (Å²) in [5.74, 6) is 0.873. The summed E-state index contributed by atoms with van der Waals surface area (Å²) < 4.78 is 0. The van der Waals surface area contributed by atoms with E-state index < -0.39 is 4.87 Å². The summed E-state index contributed by atoms with van der Waals surface area (Å²) in [6.45, 7) is 1.14. The standard InChI is InChI=1S/C14H15ClN2O2S/c15-11-3-1-10(2-4-11)9-16-13(19)14-6-5-12(18)17(14)7-8-20-14/h1-4H,5-9H2,(H,16,19). The lowest BCUT2D eigenvalue weighted by atomic mass is 10.1. The van der Waals surface area contributed by atoms with Gasteiger partial charge < -0.3 is 10.2 Å². The predicted octanol–water partition coefficient (Wildman–Crippen LogP) is 2.02. The average Bonchev–Trinajstić information content (AvgIpc) is 3.00. The summed E-state index contributed by atoms with van der Waals surface area (Å²) in [5.41, 5.74) is 0.998. The Morgan fingerprint density at radius 1 is 1.40 bits per heavy atom. The number of hydrogen-bond donors (Lipinski definition) is 1. The number of thioether (sulfide) groups is 1. The van der Waals surface area contributed by atoms with E-state index >= 15 is 0 Å². The maximum Gasteiger partial charge on any atom is 0.256 e. The molecule has 2 aliphatic heterocycles. The highest BCUT2D eigenvalue weighted by Crippen LogP contribution is 2.44. The van der Waals surface area contributed by atoms with Crippen LogP contribution >= 0.6 is 23.4 Å². The number of carbonyl (C=O) groups excluding carboxylic acids is 2. The smallest absolute Gasteiger partial charge is 0.256 e. The van der Waals surface area contributed by atoms with Crippen molar-refractivity contribution in [2.24, 2.45) is 0 Å². The van der Waals surface area contributed by atoms with Gasteiger partial charge in [-0.15, -0.1) is 11.8 Å². The first-order valence-electron chi connectivity index (χ1n) is 6.59. The number of hydrogen-bond acceptors (Lipinski definition) is 3. The maximum atomic E-state index is 12.5. The van der Waals surface area contributed by atoms with Crippen LogP contribution in [-0.4, -0.2) is 33.9 Å². The highest BCUT2D eigenvalue weighted by Gasteiger charge is 2.54. The van der Waals surface area contributed by atoms with E-state index in [0.717, 1.165) is 11.3 Å². The van der Waals surface area contributed by atoms with Crippen LogP contribution < -0.4 is 5.32 Å². The van der Waals surface area contributed by atoms with Gasteiger partial charge in [-0.25, -0.2) is 0 Å². The highest BCUT2D eigenvalue weighted by atomic mass is 35.5. The van der Waals surface area contributed by atoms with Gasteiger partial charge in [-0.1, -0.05) is 23.7 Å². The number of nitrogens with one attached hydrogen (secondary N) is 1. The summed E-state index contributed by atoms with van der Waals surface area (Å²) in [4.78, 5) is 25.3. The minimum atomic E-state index is -0.663. The zero-order chi connectivity index (χ0) is 14.2. The molecule has 1 N–H and O–H groups in total. The molecule has 0 aromatic heterocycles. The van der Waals surface area contributed by atoms with Crippen LogP contribution in [0.2, 0.25) is 5.02 Å². The van der Waals surface area contributed by atoms with Gasteiger partial charge in [0.15, 0.2) is 4.87 Å². The second-order valence-electron chi connectivity index (χ2n) is 4.99. The molecule has 0 saturated carbocycles. The van der Waals surface area contributed by atoms with Crippen molar-refractivity contribution in [2.45, 2.75) is 24.3 Å². The van der Waals surface area contributed by atoms with Gasteiger partial charge >= 0.3 is 0 Å². The number of rotatable bonds is 3. The fourth-order valence-electron chi connectivity index (χ4n) is 2.73. The molecule has 0 spiro atoms. The molecular weight excluding hydrogens is 296 g/mol. The molecule has 2 amide bonds. The number of fused-ring (bicyclic) bond motifs is 1. The second kappa shape index (κ2) is 5.30. The zero-order valence-corrected chi connectivity index (χ0v) is 12.5. The van der Waals surface area contributed by atoms with Crippen LogP contribution in [0.15, 0.2) is 24.3 Å². The van der Waals surface area contributed by atoms with Crippen molar-refractivity contribution in [1.82, 2.24) is 10.2 Å². The Kier molecular flexibility index (Phi) is 3.65. The van der Waals surface area contributed by atoms with Crippen LogP contribution in [0.4, 0.5) is 0 Å². The fourth-order valence-corrected chi connectivity index (χ4v) is 4.27. The van der Waals surface area contributed by atoms with Crippen LogP contribution in [-0.2, 0) is 16.1 Å². The van der Waals surface area contributed by atoms with Crippen molar-refractivity contribution < 1.29 is 9.59 Å². The lowest BCUT2D eigenvalue weighted by molar-refractivity contribution is -0.135. The Bertz CT molecular complexity index is 549. The third-order valence-electron chi connectivity index (χ3n) is 3.79. The molecular formula is C14H15ClN2O2S. The van der Waals surface area contributed by atoms with E-state index in [2.05, 4.69) is 5.32 Å². The minimum absolute atomic E-state index is 0.0548. The third-order valence-corrected chi connectivity index (χ3v) is 5.52. The molecule has 2 aliphatic rings. The van der Waals surface area contributed by atoms with Gasteiger partial charge in [0, 0.05) is 30.3 Å². The molecule has 6 heteroatoms. The largest absolute Gasteiger partial charge is 0.349 e. The average molecular weight is 311 g/mol. The first-order chi connectivity index (χ1) is 9.62. The summed E-state index contributed by atoms with van der Waals surface area (Å²) in [6.07, 6.45) is 1.09. The van der Waals surface area contributed by atoms with E-state index in [-0.39, 0.29) is 11.8 Å². The van der Waals surface area contributed by atoms with E-state index in [1.807, 2.05) is 12.1 Å². The zero-order valence-electron chi connectivity index (χ0n) is 10.9. The van der Waals surface area contributed by atoms with E-state index in [0.29, 0.717) is 31.0 Å². The quantitative estimate of drug-likeness (QED) is 0.929. The summed E-state index contributed by atoms with van der Waals surface area (Å²) in [7, 11) is 0. The number of halogens is 1. The summed E-state index contributed by atoms with van der Waals surface area (Å²) in [5, 5.41) is 3.62. The van der Waals surface area contributed by atoms with Crippen molar-refractivity contribution in [1.29, 1.82) is 0 Å². The normalized spacial score (nSPS) is 24.9. The van der Waals surface area contributed by atoms with Crippen molar-refractivity contribution in [2.75, 3.05) is 12.3 Å². The van der Waals surface area contributed by atoms with Crippen molar-refractivity contribution in [3.05, 3.63) is 34.9 Å². The number of benzene rings is 1. The van der Waals surface area contributed by atoms with E-state index in [1.54, 1.807) is 28.8 Å². The molecule has 3 rings (SSSR count). The topological polar surface area (TPSA) is 49.4 Å². The first-order valence-corrected chi connectivity index (χ1v) is 7.95. The third kappa shape index (κ3) is 2.29. The van der Waals surface area contributed by atoms with Gasteiger partial charge in [0.1, 0.15) is 0 Å². The molecule has 0 aliphatic carbocycles. The Morgan fingerprint density at radius 2 is 2.15 bits per heavy atom. The number of amides is 2. The van der Waals surface area contributed by atoms with Crippen LogP contribution in [0.5, 0.6) is 0 Å². The molecule has 1 aromatic rings. The Balaban J connectivity index is 1.67. The van der Waals surface area contributed by atoms with Gasteiger partial charge in [0.25, 0.3) is 5.91 Å². The summed E-state index contributed by atoms with van der Waals surface area (Å²) >= 11 is 7.41. The monoisotopic (exact) mass is 310 g/mol. The van der Waals surface area contributed by atoms with Crippen molar-refractivity contribution in [3.8, 4) is 0 Å². The van der Waals surface area contributed by atoms with Crippen LogP contribution in [0.1, 0.15) is 18.4 Å². The second-order valence-corrected chi connectivity index (χ2v) is 6.80. The van der Waals surface area contributed by atoms with E-state index in [1.165, 1.54) is 0 Å². The fraction of sp³-hybridized carbons (Fsp3) is 0.429. The molecule has 20 heavy (non-hydrogen) atoms.